The summed E-state index contributed by atoms with van der Waals surface area (Å²) in [5.74, 6) is -0.258. The van der Waals surface area contributed by atoms with Crippen LogP contribution < -0.4 is 5.32 Å². The number of ether oxygens (including phenoxy) is 3. The average molecular weight is 414 g/mol. The Morgan fingerprint density at radius 1 is 1.26 bits per heavy atom. The third-order valence-corrected chi connectivity index (χ3v) is 5.90. The molecule has 3 rings (SSSR count). The van der Waals surface area contributed by atoms with E-state index in [-0.39, 0.29) is 24.3 Å². The van der Waals surface area contributed by atoms with Gasteiger partial charge in [-0.15, -0.1) is 0 Å². The highest BCUT2D eigenvalue weighted by atomic mass is 35.5. The van der Waals surface area contributed by atoms with Crippen molar-refractivity contribution < 1.29 is 23.8 Å². The van der Waals surface area contributed by atoms with Crippen molar-refractivity contribution in [3.05, 3.63) is 45.6 Å². The molecular formula is C19H21Cl2NO5. The normalized spacial score (nSPS) is 26.4. The van der Waals surface area contributed by atoms with E-state index in [1.165, 1.54) is 13.4 Å². The molecule has 0 spiro atoms. The van der Waals surface area contributed by atoms with Crippen molar-refractivity contribution in [2.75, 3.05) is 7.11 Å². The van der Waals surface area contributed by atoms with Crippen molar-refractivity contribution in [3.8, 4) is 0 Å². The van der Waals surface area contributed by atoms with Crippen LogP contribution in [0.3, 0.4) is 0 Å². The van der Waals surface area contributed by atoms with E-state index in [4.69, 9.17) is 37.4 Å². The fourth-order valence-electron chi connectivity index (χ4n) is 3.76. The number of amides is 1. The van der Waals surface area contributed by atoms with Gasteiger partial charge in [-0.1, -0.05) is 36.2 Å². The molecule has 0 aromatic heterocycles. The first-order valence-corrected chi connectivity index (χ1v) is 9.48. The minimum absolute atomic E-state index is 0.0333. The van der Waals surface area contributed by atoms with E-state index in [0.29, 0.717) is 15.6 Å². The van der Waals surface area contributed by atoms with Gasteiger partial charge < -0.3 is 19.5 Å². The Bertz CT molecular complexity index is 766. The van der Waals surface area contributed by atoms with Crippen LogP contribution in [0.15, 0.2) is 30.0 Å². The smallest absolute Gasteiger partial charge is 0.410 e. The number of halogens is 2. The lowest BCUT2D eigenvalue weighted by atomic mass is 9.83. The molecule has 1 aliphatic heterocycles. The molecule has 0 radical (unpaired) electrons. The van der Waals surface area contributed by atoms with Crippen LogP contribution in [0.5, 0.6) is 0 Å². The third kappa shape index (κ3) is 4.33. The lowest BCUT2D eigenvalue weighted by Crippen LogP contribution is -2.41. The highest BCUT2D eigenvalue weighted by Crippen LogP contribution is 2.46. The second kappa shape index (κ2) is 8.40. The largest absolute Gasteiger partial charge is 0.466 e. The highest BCUT2D eigenvalue weighted by molar-refractivity contribution is 6.42. The number of hydrogen-bond acceptors (Lipinski definition) is 5. The Morgan fingerprint density at radius 2 is 2.04 bits per heavy atom. The molecule has 1 fully saturated rings. The second-order valence-corrected chi connectivity index (χ2v) is 7.63. The van der Waals surface area contributed by atoms with Crippen LogP contribution in [0.2, 0.25) is 10.0 Å². The Kier molecular flexibility index (Phi) is 6.17. The molecule has 1 aromatic rings. The van der Waals surface area contributed by atoms with E-state index in [1.54, 1.807) is 18.2 Å². The number of carbonyl (C=O) groups is 2. The second-order valence-electron chi connectivity index (χ2n) is 6.82. The number of fused-ring (bicyclic) bond motifs is 1. The van der Waals surface area contributed by atoms with Gasteiger partial charge in [0, 0.05) is 18.4 Å². The molecule has 0 bridgehead atoms. The number of benzene rings is 1. The maximum atomic E-state index is 12.2. The Hall–Kier alpha value is -1.92. The van der Waals surface area contributed by atoms with Gasteiger partial charge in [-0.05, 0) is 36.5 Å². The van der Waals surface area contributed by atoms with Gasteiger partial charge in [-0.25, -0.2) is 9.59 Å². The molecule has 1 N–H and O–H groups in total. The molecule has 1 heterocycles. The van der Waals surface area contributed by atoms with E-state index < -0.39 is 18.4 Å². The molecule has 4 unspecified atom stereocenters. The first-order valence-electron chi connectivity index (χ1n) is 8.73. The molecular weight excluding hydrogens is 393 g/mol. The monoisotopic (exact) mass is 413 g/mol. The third-order valence-electron chi connectivity index (χ3n) is 5.16. The fraction of sp³-hybridized carbons (Fsp3) is 0.474. The van der Waals surface area contributed by atoms with Crippen LogP contribution in [-0.2, 0) is 25.5 Å². The summed E-state index contributed by atoms with van der Waals surface area (Å²) in [5, 5.41) is 3.55. The number of hydrogen-bond donors (Lipinski definition) is 1. The van der Waals surface area contributed by atoms with E-state index >= 15 is 0 Å². The standard InChI is InChI=1S/C19H21Cl2NO5/c1-10-3-5-12-13(17(23)25-2)9-26-18(16(10)12)27-19(24)22-8-11-4-6-14(20)15(21)7-11/h4,6-7,9-10,12,16,18H,3,5,8H2,1-2H3,(H,22,24). The van der Waals surface area contributed by atoms with Crippen molar-refractivity contribution in [2.24, 2.45) is 17.8 Å². The lowest BCUT2D eigenvalue weighted by Gasteiger charge is -2.34. The van der Waals surface area contributed by atoms with Crippen LogP contribution in [0.4, 0.5) is 4.79 Å². The number of rotatable bonds is 4. The first-order chi connectivity index (χ1) is 12.9. The lowest BCUT2D eigenvalue weighted by molar-refractivity contribution is -0.145. The predicted octanol–water partition coefficient (Wildman–Crippen LogP) is 4.30. The van der Waals surface area contributed by atoms with Crippen LogP contribution in [0.1, 0.15) is 25.3 Å². The number of carbonyl (C=O) groups excluding carboxylic acids is 2. The van der Waals surface area contributed by atoms with Crippen molar-refractivity contribution in [1.29, 1.82) is 0 Å². The van der Waals surface area contributed by atoms with E-state index in [1.807, 2.05) is 0 Å². The van der Waals surface area contributed by atoms with Crippen LogP contribution >= 0.6 is 23.2 Å². The SMILES string of the molecule is COC(=O)C1=COC(OC(=O)NCc2ccc(Cl)c(Cl)c2)C2C(C)CCC12. The van der Waals surface area contributed by atoms with Gasteiger partial charge in [0.2, 0.25) is 6.29 Å². The van der Waals surface area contributed by atoms with Gasteiger partial charge in [0.25, 0.3) is 0 Å². The number of esters is 1. The summed E-state index contributed by atoms with van der Waals surface area (Å²) < 4.78 is 15.9. The highest BCUT2D eigenvalue weighted by Gasteiger charge is 2.48. The molecule has 4 atom stereocenters. The summed E-state index contributed by atoms with van der Waals surface area (Å²) in [4.78, 5) is 24.2. The number of nitrogens with one attached hydrogen (secondary N) is 1. The maximum Gasteiger partial charge on any atom is 0.410 e. The number of methoxy groups -OCH3 is 1. The van der Waals surface area contributed by atoms with E-state index in [2.05, 4.69) is 12.2 Å². The molecule has 2 aliphatic rings. The topological polar surface area (TPSA) is 73.9 Å². The quantitative estimate of drug-likeness (QED) is 0.744. The maximum absolute atomic E-state index is 12.2. The molecule has 1 aromatic carbocycles. The minimum atomic E-state index is -0.741. The van der Waals surface area contributed by atoms with Gasteiger partial charge in [-0.2, -0.15) is 0 Å². The number of alkyl carbamates (subject to hydrolysis) is 1. The average Bonchev–Trinajstić information content (AvgIpc) is 3.04. The zero-order chi connectivity index (χ0) is 19.6. The molecule has 1 saturated carbocycles. The molecule has 0 saturated heterocycles. The first kappa shape index (κ1) is 19.8. The Balaban J connectivity index is 1.62. The summed E-state index contributed by atoms with van der Waals surface area (Å²) in [5.41, 5.74) is 1.30. The zero-order valence-corrected chi connectivity index (χ0v) is 16.5. The van der Waals surface area contributed by atoms with Gasteiger partial charge in [0.05, 0.1) is 29.0 Å². The van der Waals surface area contributed by atoms with Crippen LogP contribution in [0, 0.1) is 17.8 Å². The summed E-state index contributed by atoms with van der Waals surface area (Å²) in [7, 11) is 1.34. The van der Waals surface area contributed by atoms with Gasteiger partial charge in [-0.3, -0.25) is 0 Å². The van der Waals surface area contributed by atoms with E-state index in [9.17, 15) is 9.59 Å². The summed E-state index contributed by atoms with van der Waals surface area (Å²) in [6, 6.07) is 5.12. The van der Waals surface area contributed by atoms with Crippen LogP contribution in [0.25, 0.3) is 0 Å². The Labute approximate surface area is 167 Å². The predicted molar refractivity (Wildman–Crippen MR) is 100 cm³/mol. The van der Waals surface area contributed by atoms with Gasteiger partial charge in [0.1, 0.15) is 0 Å². The van der Waals surface area contributed by atoms with Crippen molar-refractivity contribution in [1.82, 2.24) is 5.32 Å². The minimum Gasteiger partial charge on any atom is -0.466 e. The Morgan fingerprint density at radius 3 is 2.74 bits per heavy atom. The molecule has 1 amide bonds. The molecule has 6 nitrogen and oxygen atoms in total. The van der Waals surface area contributed by atoms with E-state index in [0.717, 1.165) is 18.4 Å². The van der Waals surface area contributed by atoms with Gasteiger partial charge in [0.15, 0.2) is 0 Å². The molecule has 8 heteroatoms. The molecule has 146 valence electrons. The summed E-state index contributed by atoms with van der Waals surface area (Å²) in [6.45, 7) is 2.31. The zero-order valence-electron chi connectivity index (χ0n) is 15.0. The molecule has 27 heavy (non-hydrogen) atoms. The summed E-state index contributed by atoms with van der Waals surface area (Å²) in [6.07, 6.45) is 1.79. The van der Waals surface area contributed by atoms with Crippen LogP contribution in [-0.4, -0.2) is 25.5 Å². The molecule has 1 aliphatic carbocycles. The van der Waals surface area contributed by atoms with Gasteiger partial charge >= 0.3 is 12.1 Å². The van der Waals surface area contributed by atoms with Crippen molar-refractivity contribution in [2.45, 2.75) is 32.6 Å². The summed E-state index contributed by atoms with van der Waals surface area (Å²) >= 11 is 11.9. The van der Waals surface area contributed by atoms with Crippen molar-refractivity contribution in [3.63, 3.8) is 0 Å². The fourth-order valence-corrected chi connectivity index (χ4v) is 4.08. The van der Waals surface area contributed by atoms with Crippen molar-refractivity contribution >= 4 is 35.3 Å².